The summed E-state index contributed by atoms with van der Waals surface area (Å²) >= 11 is 0.869. The molecule has 0 aliphatic carbocycles. The van der Waals surface area contributed by atoms with Crippen molar-refractivity contribution in [2.75, 3.05) is 30.9 Å². The summed E-state index contributed by atoms with van der Waals surface area (Å²) in [6.07, 6.45) is 2.80. The molecule has 2 heterocycles. The molecule has 2 aromatic rings. The van der Waals surface area contributed by atoms with Crippen molar-refractivity contribution < 1.29 is 19.1 Å². The molecule has 2 aliphatic heterocycles. The molecule has 2 aromatic carbocycles. The number of anilines is 2. The largest absolute Gasteiger partial charge is 0.497 e. The number of imide groups is 1. The molecule has 1 atom stereocenters. The second-order valence-corrected chi connectivity index (χ2v) is 10.8. The van der Waals surface area contributed by atoms with Crippen molar-refractivity contribution in [3.05, 3.63) is 58.0 Å². The molecule has 0 spiro atoms. The highest BCUT2D eigenvalue weighted by Gasteiger charge is 2.37. The topological polar surface area (TPSA) is 79.0 Å². The van der Waals surface area contributed by atoms with Crippen molar-refractivity contribution in [2.24, 2.45) is 0 Å². The number of carbonyl (C=O) groups excluding carboxylic acids is 3. The number of carbonyl (C=O) groups is 3. The average Bonchev–Trinajstić information content (AvgIpc) is 3.06. The molecule has 0 aromatic heterocycles. The maximum Gasteiger partial charge on any atom is 0.294 e. The van der Waals surface area contributed by atoms with Gasteiger partial charge in [-0.15, -0.1) is 0 Å². The SMILES string of the molecule is COc1ccc(NC(=O)CN2C(=O)S/C(=C\c3cc4c(cc3C)N(C)C(C)(C)CC4C)C2=O)cc1. The minimum atomic E-state index is -0.451. The van der Waals surface area contributed by atoms with Gasteiger partial charge in [-0.2, -0.15) is 0 Å². The van der Waals surface area contributed by atoms with Crippen molar-refractivity contribution in [1.82, 2.24) is 4.90 Å². The van der Waals surface area contributed by atoms with Crippen LogP contribution in [-0.4, -0.2) is 48.2 Å². The number of rotatable bonds is 5. The zero-order valence-corrected chi connectivity index (χ0v) is 21.8. The number of hydrogen-bond acceptors (Lipinski definition) is 6. The van der Waals surface area contributed by atoms with Crippen LogP contribution in [0.2, 0.25) is 0 Å². The van der Waals surface area contributed by atoms with E-state index in [-0.39, 0.29) is 12.1 Å². The minimum absolute atomic E-state index is 0.0649. The van der Waals surface area contributed by atoms with E-state index in [9.17, 15) is 14.4 Å². The third kappa shape index (κ3) is 4.93. The number of fused-ring (bicyclic) bond motifs is 1. The molecule has 35 heavy (non-hydrogen) atoms. The van der Waals surface area contributed by atoms with Crippen LogP contribution in [0.25, 0.3) is 6.08 Å². The number of benzene rings is 2. The number of ether oxygens (including phenoxy) is 1. The third-order valence-corrected chi connectivity index (χ3v) is 7.76. The number of amides is 3. The van der Waals surface area contributed by atoms with Gasteiger partial charge in [0.15, 0.2) is 0 Å². The van der Waals surface area contributed by atoms with Crippen LogP contribution in [0.4, 0.5) is 16.2 Å². The Morgan fingerprint density at radius 2 is 1.91 bits per heavy atom. The summed E-state index contributed by atoms with van der Waals surface area (Å²) in [5.74, 6) is 0.151. The van der Waals surface area contributed by atoms with E-state index in [2.05, 4.69) is 50.2 Å². The zero-order chi connectivity index (χ0) is 25.5. The Labute approximate surface area is 210 Å². The molecule has 0 saturated carbocycles. The van der Waals surface area contributed by atoms with Gasteiger partial charge in [-0.3, -0.25) is 19.3 Å². The summed E-state index contributed by atoms with van der Waals surface area (Å²) in [6.45, 7) is 8.39. The second-order valence-electron chi connectivity index (χ2n) is 9.79. The van der Waals surface area contributed by atoms with Crippen molar-refractivity contribution in [3.8, 4) is 5.75 Å². The molecule has 3 amide bonds. The van der Waals surface area contributed by atoms with E-state index in [4.69, 9.17) is 4.74 Å². The van der Waals surface area contributed by atoms with Crippen LogP contribution in [-0.2, 0) is 9.59 Å². The van der Waals surface area contributed by atoms with Gasteiger partial charge >= 0.3 is 0 Å². The first-order chi connectivity index (χ1) is 16.5. The number of nitrogens with zero attached hydrogens (tertiary/aromatic N) is 2. The number of aryl methyl sites for hydroxylation is 1. The van der Waals surface area contributed by atoms with E-state index in [1.807, 2.05) is 6.92 Å². The smallest absolute Gasteiger partial charge is 0.294 e. The van der Waals surface area contributed by atoms with Gasteiger partial charge in [0, 0.05) is 24.0 Å². The summed E-state index contributed by atoms with van der Waals surface area (Å²) in [7, 11) is 3.68. The fraction of sp³-hybridized carbons (Fsp3) is 0.370. The summed E-state index contributed by atoms with van der Waals surface area (Å²) in [4.78, 5) is 41.7. The van der Waals surface area contributed by atoms with Crippen molar-refractivity contribution in [1.29, 1.82) is 0 Å². The van der Waals surface area contributed by atoms with E-state index in [1.54, 1.807) is 37.5 Å². The first kappa shape index (κ1) is 24.9. The maximum atomic E-state index is 13.0. The number of nitrogens with one attached hydrogen (secondary N) is 1. The fourth-order valence-corrected chi connectivity index (χ4v) is 5.52. The Bertz CT molecular complexity index is 1220. The lowest BCUT2D eigenvalue weighted by molar-refractivity contribution is -0.127. The third-order valence-electron chi connectivity index (χ3n) is 6.86. The summed E-state index contributed by atoms with van der Waals surface area (Å²) in [5, 5.41) is 2.26. The summed E-state index contributed by atoms with van der Waals surface area (Å²) in [6, 6.07) is 11.1. The first-order valence-electron chi connectivity index (χ1n) is 11.6. The number of thioether (sulfide) groups is 1. The van der Waals surface area contributed by atoms with E-state index >= 15 is 0 Å². The van der Waals surface area contributed by atoms with Crippen molar-refractivity contribution >= 4 is 46.3 Å². The molecule has 4 rings (SSSR count). The minimum Gasteiger partial charge on any atom is -0.497 e. The van der Waals surface area contributed by atoms with E-state index in [0.717, 1.165) is 34.2 Å². The van der Waals surface area contributed by atoms with E-state index < -0.39 is 17.1 Å². The lowest BCUT2D eigenvalue weighted by Gasteiger charge is -2.45. The van der Waals surface area contributed by atoms with Crippen molar-refractivity contribution in [2.45, 2.75) is 45.6 Å². The molecule has 2 aliphatic rings. The maximum absolute atomic E-state index is 13.0. The Morgan fingerprint density at radius 1 is 1.23 bits per heavy atom. The van der Waals surface area contributed by atoms with Crippen LogP contribution >= 0.6 is 11.8 Å². The van der Waals surface area contributed by atoms with Gasteiger partial charge in [0.2, 0.25) is 5.91 Å². The lowest BCUT2D eigenvalue weighted by atomic mass is 9.79. The van der Waals surface area contributed by atoms with Crippen molar-refractivity contribution in [3.63, 3.8) is 0 Å². The van der Waals surface area contributed by atoms with Crippen LogP contribution in [0.3, 0.4) is 0 Å². The fourth-order valence-electron chi connectivity index (χ4n) is 4.69. The van der Waals surface area contributed by atoms with E-state index in [1.165, 1.54) is 11.3 Å². The molecule has 1 saturated heterocycles. The van der Waals surface area contributed by atoms with Gasteiger partial charge in [-0.1, -0.05) is 6.92 Å². The molecule has 0 bridgehead atoms. The predicted molar refractivity (Wildman–Crippen MR) is 141 cm³/mol. The van der Waals surface area contributed by atoms with Gasteiger partial charge in [-0.05, 0) is 104 Å². The first-order valence-corrected chi connectivity index (χ1v) is 12.4. The predicted octanol–water partition coefficient (Wildman–Crippen LogP) is 5.40. The summed E-state index contributed by atoms with van der Waals surface area (Å²) < 4.78 is 5.11. The molecule has 0 radical (unpaired) electrons. The number of methoxy groups -OCH3 is 1. The Morgan fingerprint density at radius 3 is 2.57 bits per heavy atom. The molecule has 184 valence electrons. The van der Waals surface area contributed by atoms with Crippen LogP contribution < -0.4 is 15.0 Å². The van der Waals surface area contributed by atoms with Crippen LogP contribution in [0.5, 0.6) is 5.75 Å². The normalized spacial score (nSPS) is 20.3. The van der Waals surface area contributed by atoms with Gasteiger partial charge in [0.25, 0.3) is 11.1 Å². The van der Waals surface area contributed by atoms with Gasteiger partial charge in [0.1, 0.15) is 12.3 Å². The Hall–Kier alpha value is -3.26. The van der Waals surface area contributed by atoms with Crippen LogP contribution in [0, 0.1) is 6.92 Å². The molecule has 1 unspecified atom stereocenters. The Kier molecular flexibility index (Phi) is 6.68. The Balaban J connectivity index is 1.52. The highest BCUT2D eigenvalue weighted by atomic mass is 32.2. The highest BCUT2D eigenvalue weighted by Crippen LogP contribution is 2.44. The quantitative estimate of drug-likeness (QED) is 0.562. The van der Waals surface area contributed by atoms with Gasteiger partial charge in [-0.25, -0.2) is 0 Å². The average molecular weight is 494 g/mol. The van der Waals surface area contributed by atoms with E-state index in [0.29, 0.717) is 22.3 Å². The molecule has 7 nitrogen and oxygen atoms in total. The second kappa shape index (κ2) is 9.41. The van der Waals surface area contributed by atoms with Crippen LogP contribution in [0.15, 0.2) is 41.3 Å². The molecular weight excluding hydrogens is 462 g/mol. The standard InChI is InChI=1S/C27H31N3O4S/c1-16-11-22-21(17(2)14-27(3,4)29(22)5)12-18(16)13-23-25(32)30(26(33)35-23)15-24(31)28-19-7-9-20(34-6)10-8-19/h7-13,17H,14-15H2,1-6H3,(H,28,31)/b23-13-. The van der Waals surface area contributed by atoms with Crippen LogP contribution in [0.1, 0.15) is 49.8 Å². The monoisotopic (exact) mass is 493 g/mol. The molecule has 8 heteroatoms. The number of hydrogen-bond donors (Lipinski definition) is 1. The van der Waals surface area contributed by atoms with Gasteiger partial charge < -0.3 is 15.0 Å². The lowest BCUT2D eigenvalue weighted by Crippen LogP contribution is -2.45. The summed E-state index contributed by atoms with van der Waals surface area (Å²) in [5.41, 5.74) is 5.01. The molecular formula is C27H31N3O4S. The molecule has 1 N–H and O–H groups in total. The zero-order valence-electron chi connectivity index (χ0n) is 21.0. The molecule has 1 fully saturated rings. The highest BCUT2D eigenvalue weighted by molar-refractivity contribution is 8.18. The van der Waals surface area contributed by atoms with Gasteiger partial charge in [0.05, 0.1) is 12.0 Å².